The first-order valence-corrected chi connectivity index (χ1v) is 6.95. The first-order chi connectivity index (χ1) is 11.5. The van der Waals surface area contributed by atoms with Crippen LogP contribution in [0.25, 0.3) is 5.65 Å². The van der Waals surface area contributed by atoms with E-state index in [0.717, 1.165) is 6.20 Å². The van der Waals surface area contributed by atoms with E-state index in [9.17, 15) is 13.2 Å². The number of aryl methyl sites for hydroxylation is 1. The maximum absolute atomic E-state index is 13.7. The Morgan fingerprint density at radius 3 is 2.62 bits per heavy atom. The molecule has 3 N–H and O–H groups in total. The molecule has 2 heterocycles. The van der Waals surface area contributed by atoms with Gasteiger partial charge in [-0.15, -0.1) is 0 Å². The Morgan fingerprint density at radius 2 is 2.00 bits per heavy atom. The van der Waals surface area contributed by atoms with Gasteiger partial charge in [0.15, 0.2) is 5.65 Å². The summed E-state index contributed by atoms with van der Waals surface area (Å²) >= 11 is 0. The van der Waals surface area contributed by atoms with Crippen molar-refractivity contribution in [2.45, 2.75) is 13.3 Å². The average Bonchev–Trinajstić information content (AvgIpc) is 2.94. The number of nitrogens with one attached hydrogen (secondary N) is 1. The lowest BCUT2D eigenvalue weighted by molar-refractivity contribution is 0.571. The molecule has 0 radical (unpaired) electrons. The Balaban J connectivity index is 0.00000100. The zero-order valence-electron chi connectivity index (χ0n) is 13.1. The maximum Gasteiger partial charge on any atom is 0.218 e. The summed E-state index contributed by atoms with van der Waals surface area (Å²) in [5, 5.41) is 7.47. The number of aromatic nitrogens is 3. The van der Waals surface area contributed by atoms with E-state index >= 15 is 0 Å². The van der Waals surface area contributed by atoms with Gasteiger partial charge in [-0.1, -0.05) is 12.1 Å². The third kappa shape index (κ3) is 3.37. The normalized spacial score (nSPS) is 10.4. The minimum atomic E-state index is -0.573. The zero-order chi connectivity index (χ0) is 17.9. The fourth-order valence-corrected chi connectivity index (χ4v) is 2.21. The number of hydrogen-bond acceptors (Lipinski definition) is 3. The van der Waals surface area contributed by atoms with Gasteiger partial charge in [0.25, 0.3) is 0 Å². The summed E-state index contributed by atoms with van der Waals surface area (Å²) in [7, 11) is 0.500. The van der Waals surface area contributed by atoms with Crippen LogP contribution in [-0.4, -0.2) is 27.4 Å². The number of halogens is 3. The summed E-state index contributed by atoms with van der Waals surface area (Å²) in [6, 6.07) is 4.85. The van der Waals surface area contributed by atoms with Crippen LogP contribution < -0.4 is 5.73 Å². The van der Waals surface area contributed by atoms with Crippen molar-refractivity contribution in [1.82, 2.24) is 14.4 Å². The van der Waals surface area contributed by atoms with E-state index in [-0.39, 0.29) is 23.8 Å². The molecule has 0 aliphatic rings. The van der Waals surface area contributed by atoms with Crippen molar-refractivity contribution in [2.24, 2.45) is 5.73 Å². The molecule has 5 nitrogen and oxygen atoms in total. The summed E-state index contributed by atoms with van der Waals surface area (Å²) in [5.74, 6) is -1.16. The standard InChI is InChI=1S/C15H13F2N5.CH3F/c1-8-2-3-9(4-10(8)16)5-11-15-20-6-13(17)22(15)7-12(21-11)14(18)19;1-2/h2-4,6-7H,5H2,1H3,(H3,18,19);1H3. The van der Waals surface area contributed by atoms with Gasteiger partial charge in [0.1, 0.15) is 17.3 Å². The number of fused-ring (bicyclic) bond motifs is 1. The van der Waals surface area contributed by atoms with E-state index in [0.29, 0.717) is 29.6 Å². The highest BCUT2D eigenvalue weighted by Gasteiger charge is 2.13. The third-order valence-corrected chi connectivity index (χ3v) is 3.40. The molecular formula is C16H16F3N5. The van der Waals surface area contributed by atoms with Crippen molar-refractivity contribution in [2.75, 3.05) is 7.18 Å². The Hall–Kier alpha value is -2.90. The Kier molecular flexibility index (Phi) is 5.18. The number of nitrogen functional groups attached to an aromatic ring is 1. The number of imidazole rings is 1. The second-order valence-corrected chi connectivity index (χ2v) is 5.02. The van der Waals surface area contributed by atoms with E-state index in [2.05, 4.69) is 9.97 Å². The van der Waals surface area contributed by atoms with E-state index in [1.165, 1.54) is 16.7 Å². The second kappa shape index (κ2) is 7.12. The van der Waals surface area contributed by atoms with Crippen LogP contribution in [-0.2, 0) is 6.42 Å². The summed E-state index contributed by atoms with van der Waals surface area (Å²) in [5.41, 5.74) is 7.56. The maximum atomic E-state index is 13.7. The van der Waals surface area contributed by atoms with Gasteiger partial charge in [0, 0.05) is 12.6 Å². The van der Waals surface area contributed by atoms with Crippen LogP contribution >= 0.6 is 0 Å². The van der Waals surface area contributed by atoms with Crippen LogP contribution in [0, 0.1) is 24.1 Å². The van der Waals surface area contributed by atoms with E-state index in [4.69, 9.17) is 11.1 Å². The van der Waals surface area contributed by atoms with Crippen molar-refractivity contribution in [3.05, 3.63) is 64.9 Å². The number of nitrogens with zero attached hydrogens (tertiary/aromatic N) is 3. The highest BCUT2D eigenvalue weighted by molar-refractivity contribution is 5.93. The molecule has 0 saturated carbocycles. The molecule has 0 bridgehead atoms. The molecule has 0 fully saturated rings. The molecule has 2 aromatic heterocycles. The third-order valence-electron chi connectivity index (χ3n) is 3.40. The monoisotopic (exact) mass is 335 g/mol. The first-order valence-electron chi connectivity index (χ1n) is 6.95. The minimum absolute atomic E-state index is 0.145. The van der Waals surface area contributed by atoms with E-state index in [1.54, 1.807) is 19.1 Å². The predicted octanol–water partition coefficient (Wildman–Crippen LogP) is 2.78. The SMILES string of the molecule is CF.Cc1ccc(Cc2nc(C(=N)N)cn3c(F)cnc23)cc1F. The molecule has 24 heavy (non-hydrogen) atoms. The number of hydrogen-bond donors (Lipinski definition) is 2. The summed E-state index contributed by atoms with van der Waals surface area (Å²) in [6.45, 7) is 1.68. The van der Waals surface area contributed by atoms with Gasteiger partial charge >= 0.3 is 0 Å². The molecule has 0 atom stereocenters. The van der Waals surface area contributed by atoms with Crippen LogP contribution in [0.1, 0.15) is 22.5 Å². The summed E-state index contributed by atoms with van der Waals surface area (Å²) in [4.78, 5) is 8.21. The fourth-order valence-electron chi connectivity index (χ4n) is 2.21. The van der Waals surface area contributed by atoms with Gasteiger partial charge in [0.2, 0.25) is 5.95 Å². The molecule has 0 saturated heterocycles. The molecule has 0 aliphatic heterocycles. The van der Waals surface area contributed by atoms with E-state index in [1.807, 2.05) is 0 Å². The minimum Gasteiger partial charge on any atom is -0.382 e. The molecule has 0 unspecified atom stereocenters. The van der Waals surface area contributed by atoms with Crippen molar-refractivity contribution < 1.29 is 13.2 Å². The van der Waals surface area contributed by atoms with Crippen LogP contribution in [0.4, 0.5) is 13.2 Å². The Morgan fingerprint density at radius 1 is 1.29 bits per heavy atom. The van der Waals surface area contributed by atoms with Crippen LogP contribution in [0.15, 0.2) is 30.6 Å². The van der Waals surface area contributed by atoms with Crippen molar-refractivity contribution in [1.29, 1.82) is 5.41 Å². The number of alkyl halides is 1. The number of rotatable bonds is 3. The molecule has 0 amide bonds. The van der Waals surface area contributed by atoms with Crippen LogP contribution in [0.3, 0.4) is 0 Å². The van der Waals surface area contributed by atoms with Gasteiger partial charge in [-0.2, -0.15) is 4.39 Å². The Labute approximate surface area is 136 Å². The zero-order valence-corrected chi connectivity index (χ0v) is 13.1. The highest BCUT2D eigenvalue weighted by atomic mass is 19.1. The number of benzene rings is 1. The van der Waals surface area contributed by atoms with Gasteiger partial charge in [-0.3, -0.25) is 14.2 Å². The predicted molar refractivity (Wildman–Crippen MR) is 84.9 cm³/mol. The summed E-state index contributed by atoms with van der Waals surface area (Å²) in [6.07, 6.45) is 2.65. The van der Waals surface area contributed by atoms with Crippen LogP contribution in [0.5, 0.6) is 0 Å². The van der Waals surface area contributed by atoms with Crippen molar-refractivity contribution >= 4 is 11.5 Å². The van der Waals surface area contributed by atoms with Crippen LogP contribution in [0.2, 0.25) is 0 Å². The molecular weight excluding hydrogens is 319 g/mol. The smallest absolute Gasteiger partial charge is 0.218 e. The molecule has 1 aromatic carbocycles. The quantitative estimate of drug-likeness (QED) is 0.570. The first kappa shape index (κ1) is 17.5. The van der Waals surface area contributed by atoms with Gasteiger partial charge in [0.05, 0.1) is 19.1 Å². The van der Waals surface area contributed by atoms with Gasteiger partial charge < -0.3 is 5.73 Å². The second-order valence-electron chi connectivity index (χ2n) is 5.02. The molecule has 8 heteroatoms. The average molecular weight is 335 g/mol. The van der Waals surface area contributed by atoms with Crippen molar-refractivity contribution in [3.8, 4) is 0 Å². The largest absolute Gasteiger partial charge is 0.382 e. The molecule has 126 valence electrons. The lowest BCUT2D eigenvalue weighted by Gasteiger charge is -2.07. The topological polar surface area (TPSA) is 80.1 Å². The molecule has 3 rings (SSSR count). The summed E-state index contributed by atoms with van der Waals surface area (Å²) < 4.78 is 38.1. The fraction of sp³-hybridized carbons (Fsp3) is 0.188. The molecule has 0 spiro atoms. The van der Waals surface area contributed by atoms with Crippen molar-refractivity contribution in [3.63, 3.8) is 0 Å². The lowest BCUT2D eigenvalue weighted by Crippen LogP contribution is -2.16. The van der Waals surface area contributed by atoms with Gasteiger partial charge in [-0.25, -0.2) is 14.4 Å². The van der Waals surface area contributed by atoms with Gasteiger partial charge in [-0.05, 0) is 24.1 Å². The highest BCUT2D eigenvalue weighted by Crippen LogP contribution is 2.17. The lowest BCUT2D eigenvalue weighted by atomic mass is 10.1. The number of nitrogens with two attached hydrogens (primary N) is 1. The van der Waals surface area contributed by atoms with E-state index < -0.39 is 5.95 Å². The Bertz CT molecular complexity index is 889. The number of amidine groups is 1. The molecule has 3 aromatic rings. The molecule has 0 aliphatic carbocycles.